The lowest BCUT2D eigenvalue weighted by Crippen LogP contribution is -2.28. The van der Waals surface area contributed by atoms with E-state index in [4.69, 9.17) is 11.5 Å². The van der Waals surface area contributed by atoms with E-state index in [1.165, 1.54) is 6.07 Å². The SMILES string of the molecule is NCCCN(CCCN)Cc1ccc(-c2cnc(NC(=O)Nc3cc(F)c(F)cc3F)[nH]c2=O)cc1F. The highest BCUT2D eigenvalue weighted by atomic mass is 19.2. The molecule has 0 aliphatic carbocycles. The molecule has 1 heterocycles. The van der Waals surface area contributed by atoms with Gasteiger partial charge in [0.25, 0.3) is 5.56 Å². The molecule has 13 heteroatoms. The number of carbonyl (C=O) groups excluding carboxylic acids is 1. The Morgan fingerprint density at radius 2 is 1.59 bits per heavy atom. The Hall–Kier alpha value is -3.81. The third-order valence-corrected chi connectivity index (χ3v) is 5.40. The highest BCUT2D eigenvalue weighted by Gasteiger charge is 2.15. The fraction of sp³-hybridized carbons (Fsp3) is 0.292. The zero-order chi connectivity index (χ0) is 26.9. The number of rotatable bonds is 11. The number of anilines is 2. The summed E-state index contributed by atoms with van der Waals surface area (Å²) in [7, 11) is 0. The highest BCUT2D eigenvalue weighted by Crippen LogP contribution is 2.21. The number of nitrogens with zero attached hydrogens (tertiary/aromatic N) is 2. The Morgan fingerprint density at radius 1 is 0.919 bits per heavy atom. The van der Waals surface area contributed by atoms with Crippen LogP contribution >= 0.6 is 0 Å². The summed E-state index contributed by atoms with van der Waals surface area (Å²) in [6.07, 6.45) is 2.66. The predicted octanol–water partition coefficient (Wildman–Crippen LogP) is 3.14. The van der Waals surface area contributed by atoms with Gasteiger partial charge in [-0.2, -0.15) is 0 Å². The number of H-pyrrole nitrogens is 1. The van der Waals surface area contributed by atoms with Crippen LogP contribution in [-0.4, -0.2) is 47.1 Å². The molecule has 7 N–H and O–H groups in total. The Morgan fingerprint density at radius 3 is 2.22 bits per heavy atom. The van der Waals surface area contributed by atoms with Crippen molar-refractivity contribution in [1.82, 2.24) is 14.9 Å². The first-order valence-corrected chi connectivity index (χ1v) is 11.4. The monoisotopic (exact) mass is 521 g/mol. The van der Waals surface area contributed by atoms with Crippen molar-refractivity contribution in [2.45, 2.75) is 19.4 Å². The number of amides is 2. The van der Waals surface area contributed by atoms with Crippen molar-refractivity contribution in [1.29, 1.82) is 0 Å². The van der Waals surface area contributed by atoms with Crippen molar-refractivity contribution < 1.29 is 22.4 Å². The van der Waals surface area contributed by atoms with Crippen molar-refractivity contribution >= 4 is 17.7 Å². The summed E-state index contributed by atoms with van der Waals surface area (Å²) >= 11 is 0. The summed E-state index contributed by atoms with van der Waals surface area (Å²) < 4.78 is 54.9. The highest BCUT2D eigenvalue weighted by molar-refractivity contribution is 5.98. The van der Waals surface area contributed by atoms with Crippen molar-refractivity contribution in [2.24, 2.45) is 11.5 Å². The maximum atomic E-state index is 14.9. The van der Waals surface area contributed by atoms with E-state index in [9.17, 15) is 27.2 Å². The summed E-state index contributed by atoms with van der Waals surface area (Å²) in [6.45, 7) is 2.80. The van der Waals surface area contributed by atoms with E-state index in [0.717, 1.165) is 19.0 Å². The van der Waals surface area contributed by atoms with Gasteiger partial charge in [-0.25, -0.2) is 27.3 Å². The van der Waals surface area contributed by atoms with Gasteiger partial charge in [0.2, 0.25) is 5.95 Å². The van der Waals surface area contributed by atoms with Crippen molar-refractivity contribution in [2.75, 3.05) is 36.8 Å². The van der Waals surface area contributed by atoms with Gasteiger partial charge in [-0.3, -0.25) is 20.0 Å². The van der Waals surface area contributed by atoms with Crippen molar-refractivity contribution in [3.63, 3.8) is 0 Å². The van der Waals surface area contributed by atoms with Crippen molar-refractivity contribution in [3.8, 4) is 11.1 Å². The normalized spacial score (nSPS) is 11.1. The number of nitrogens with one attached hydrogen (secondary N) is 3. The molecule has 0 unspecified atom stereocenters. The molecule has 2 amide bonds. The second-order valence-corrected chi connectivity index (χ2v) is 8.17. The molecule has 0 bridgehead atoms. The van der Waals surface area contributed by atoms with Gasteiger partial charge >= 0.3 is 6.03 Å². The number of hydrogen-bond acceptors (Lipinski definition) is 6. The molecular weight excluding hydrogens is 494 g/mol. The zero-order valence-corrected chi connectivity index (χ0v) is 19.8. The molecular formula is C24H27F4N7O2. The van der Waals surface area contributed by atoms with E-state index in [1.54, 1.807) is 12.1 Å². The molecule has 0 saturated heterocycles. The third-order valence-electron chi connectivity index (χ3n) is 5.40. The average molecular weight is 522 g/mol. The molecule has 37 heavy (non-hydrogen) atoms. The van der Waals surface area contributed by atoms with Gasteiger partial charge < -0.3 is 16.8 Å². The Bertz CT molecular complexity index is 1290. The minimum absolute atomic E-state index is 0.0474. The smallest absolute Gasteiger partial charge is 0.326 e. The molecule has 0 aliphatic rings. The minimum atomic E-state index is -1.41. The van der Waals surface area contributed by atoms with Crippen LogP contribution < -0.4 is 27.7 Å². The molecule has 198 valence electrons. The first-order chi connectivity index (χ1) is 17.7. The van der Waals surface area contributed by atoms with Crippen LogP contribution in [0, 0.1) is 23.3 Å². The fourth-order valence-corrected chi connectivity index (χ4v) is 3.53. The largest absolute Gasteiger partial charge is 0.330 e. The summed E-state index contributed by atoms with van der Waals surface area (Å²) in [6, 6.07) is 4.07. The molecule has 9 nitrogen and oxygen atoms in total. The zero-order valence-electron chi connectivity index (χ0n) is 19.8. The van der Waals surface area contributed by atoms with Crippen LogP contribution in [0.15, 0.2) is 41.3 Å². The number of aromatic nitrogens is 2. The summed E-state index contributed by atoms with van der Waals surface area (Å²) in [5.41, 5.74) is 10.6. The Kier molecular flexibility index (Phi) is 9.71. The topological polar surface area (TPSA) is 142 Å². The van der Waals surface area contributed by atoms with Crippen LogP contribution in [0.4, 0.5) is 34.0 Å². The summed E-state index contributed by atoms with van der Waals surface area (Å²) in [5.74, 6) is -4.77. The van der Waals surface area contributed by atoms with Gasteiger partial charge in [-0.05, 0) is 50.7 Å². The molecule has 3 rings (SSSR count). The van der Waals surface area contributed by atoms with Crippen LogP contribution in [-0.2, 0) is 6.54 Å². The molecule has 3 aromatic rings. The van der Waals surface area contributed by atoms with Crippen molar-refractivity contribution in [3.05, 3.63) is 75.7 Å². The number of aromatic amines is 1. The minimum Gasteiger partial charge on any atom is -0.330 e. The first-order valence-electron chi connectivity index (χ1n) is 11.4. The lowest BCUT2D eigenvalue weighted by atomic mass is 10.1. The molecule has 0 radical (unpaired) electrons. The number of benzene rings is 2. The summed E-state index contributed by atoms with van der Waals surface area (Å²) in [5, 5.41) is 4.14. The van der Waals surface area contributed by atoms with E-state index in [1.807, 2.05) is 5.32 Å². The molecule has 0 atom stereocenters. The molecule has 0 fully saturated rings. The molecule has 0 aliphatic heterocycles. The number of halogens is 4. The van der Waals surface area contributed by atoms with E-state index in [-0.39, 0.29) is 23.1 Å². The summed E-state index contributed by atoms with van der Waals surface area (Å²) in [4.78, 5) is 32.9. The van der Waals surface area contributed by atoms with Crippen LogP contribution in [0.25, 0.3) is 11.1 Å². The predicted molar refractivity (Wildman–Crippen MR) is 132 cm³/mol. The molecule has 2 aromatic carbocycles. The number of hydrogen-bond donors (Lipinski definition) is 5. The molecule has 0 saturated carbocycles. The van der Waals surface area contributed by atoms with Gasteiger partial charge in [0, 0.05) is 30.4 Å². The lowest BCUT2D eigenvalue weighted by Gasteiger charge is -2.22. The quantitative estimate of drug-likeness (QED) is 0.194. The van der Waals surface area contributed by atoms with Crippen LogP contribution in [0.5, 0.6) is 0 Å². The van der Waals surface area contributed by atoms with Gasteiger partial charge in [0.05, 0.1) is 11.3 Å². The van der Waals surface area contributed by atoms with E-state index < -0.39 is 40.5 Å². The standard InChI is InChI=1S/C24H27F4N7O2/c25-17-9-14(3-4-15(17)13-35(7-1-5-29)8-2-6-30)16-12-31-23(33-22(16)36)34-24(37)32-21-11-19(27)18(26)10-20(21)28/h3-4,9-12H,1-2,5-8,13,29-30H2,(H3,31,32,33,34,36,37). The number of carbonyl (C=O) groups is 1. The van der Waals surface area contributed by atoms with E-state index in [2.05, 4.69) is 20.2 Å². The lowest BCUT2D eigenvalue weighted by molar-refractivity contribution is 0.258. The molecule has 1 aromatic heterocycles. The Balaban J connectivity index is 1.70. The number of nitrogens with two attached hydrogens (primary N) is 2. The first kappa shape index (κ1) is 27.8. The second-order valence-electron chi connectivity index (χ2n) is 8.17. The van der Waals surface area contributed by atoms with E-state index >= 15 is 0 Å². The number of urea groups is 1. The van der Waals surface area contributed by atoms with Gasteiger partial charge in [-0.1, -0.05) is 12.1 Å². The third kappa shape index (κ3) is 7.59. The van der Waals surface area contributed by atoms with Gasteiger partial charge in [0.15, 0.2) is 11.6 Å². The van der Waals surface area contributed by atoms with Crippen LogP contribution in [0.2, 0.25) is 0 Å². The van der Waals surface area contributed by atoms with E-state index in [0.29, 0.717) is 44.4 Å². The fourth-order valence-electron chi connectivity index (χ4n) is 3.53. The second kappa shape index (κ2) is 12.9. The van der Waals surface area contributed by atoms with Gasteiger partial charge in [-0.15, -0.1) is 0 Å². The maximum absolute atomic E-state index is 14.9. The van der Waals surface area contributed by atoms with Crippen LogP contribution in [0.1, 0.15) is 18.4 Å². The molecule has 0 spiro atoms. The van der Waals surface area contributed by atoms with Gasteiger partial charge in [0.1, 0.15) is 11.6 Å². The van der Waals surface area contributed by atoms with Crippen LogP contribution in [0.3, 0.4) is 0 Å². The average Bonchev–Trinajstić information content (AvgIpc) is 2.85. The maximum Gasteiger partial charge on any atom is 0.326 e. The Labute approximate surface area is 209 Å².